The smallest absolute Gasteiger partial charge is 0.272 e. The van der Waals surface area contributed by atoms with Gasteiger partial charge in [0.05, 0.1) is 11.3 Å². The molecule has 2 heterocycles. The van der Waals surface area contributed by atoms with Crippen LogP contribution in [0, 0.1) is 5.92 Å². The lowest BCUT2D eigenvalue weighted by atomic mass is 10.1. The highest BCUT2D eigenvalue weighted by Crippen LogP contribution is 2.22. The van der Waals surface area contributed by atoms with Crippen molar-refractivity contribution in [3.8, 4) is 0 Å². The summed E-state index contributed by atoms with van der Waals surface area (Å²) < 4.78 is 2.35. The highest BCUT2D eigenvalue weighted by Gasteiger charge is 2.14. The van der Waals surface area contributed by atoms with Gasteiger partial charge in [0.25, 0.3) is 5.56 Å². The molecule has 0 saturated heterocycles. The summed E-state index contributed by atoms with van der Waals surface area (Å²) in [7, 11) is 0. The van der Waals surface area contributed by atoms with E-state index in [-0.39, 0.29) is 17.2 Å². The van der Waals surface area contributed by atoms with Gasteiger partial charge < -0.3 is 5.32 Å². The molecular weight excluding hydrogens is 402 g/mol. The first kappa shape index (κ1) is 19.9. The van der Waals surface area contributed by atoms with Crippen molar-refractivity contribution < 1.29 is 4.79 Å². The Morgan fingerprint density at radius 2 is 2.04 bits per heavy atom. The first-order valence-electron chi connectivity index (χ1n) is 8.60. The summed E-state index contributed by atoms with van der Waals surface area (Å²) in [6.07, 6.45) is 0.878. The summed E-state index contributed by atoms with van der Waals surface area (Å²) in [5.41, 5.74) is 1.34. The predicted octanol–water partition coefficient (Wildman–Crippen LogP) is 4.89. The summed E-state index contributed by atoms with van der Waals surface area (Å²) in [6.45, 7) is 4.83. The molecule has 0 unspecified atom stereocenters. The summed E-state index contributed by atoms with van der Waals surface area (Å²) in [5.74, 6) is 0.492. The van der Waals surface area contributed by atoms with Crippen molar-refractivity contribution in [1.29, 1.82) is 0 Å². The van der Waals surface area contributed by atoms with E-state index in [0.29, 0.717) is 38.5 Å². The molecule has 0 saturated carbocycles. The molecule has 0 spiro atoms. The molecular formula is C19H20ClN3O2S2. The predicted molar refractivity (Wildman–Crippen MR) is 114 cm³/mol. The Kier molecular flexibility index (Phi) is 6.57. The van der Waals surface area contributed by atoms with Crippen molar-refractivity contribution in [2.45, 2.75) is 32.0 Å². The van der Waals surface area contributed by atoms with E-state index in [4.69, 9.17) is 11.6 Å². The number of thiophene rings is 1. The van der Waals surface area contributed by atoms with Gasteiger partial charge in [-0.05, 0) is 48.1 Å². The molecule has 142 valence electrons. The van der Waals surface area contributed by atoms with Gasteiger partial charge in [-0.25, -0.2) is 4.98 Å². The Balaban J connectivity index is 1.76. The van der Waals surface area contributed by atoms with Crippen LogP contribution in [-0.2, 0) is 11.3 Å². The molecule has 0 bridgehead atoms. The van der Waals surface area contributed by atoms with Crippen LogP contribution >= 0.6 is 34.7 Å². The Labute approximate surface area is 170 Å². The lowest BCUT2D eigenvalue weighted by Crippen LogP contribution is -2.24. The van der Waals surface area contributed by atoms with Crippen LogP contribution in [-0.4, -0.2) is 21.2 Å². The van der Waals surface area contributed by atoms with E-state index in [1.165, 1.54) is 23.1 Å². The topological polar surface area (TPSA) is 64.0 Å². The van der Waals surface area contributed by atoms with Gasteiger partial charge in [0, 0.05) is 17.3 Å². The number of rotatable bonds is 7. The molecule has 5 nitrogen and oxygen atoms in total. The number of carbonyl (C=O) groups is 1. The summed E-state index contributed by atoms with van der Waals surface area (Å²) in [4.78, 5) is 29.7. The van der Waals surface area contributed by atoms with E-state index in [1.807, 2.05) is 11.4 Å². The quantitative estimate of drug-likeness (QED) is 0.435. The SMILES string of the molecule is CC(C)CCn1c(SCC(=O)Nc2ccc(Cl)cc2)nc2ccsc2c1=O. The number of anilines is 1. The lowest BCUT2D eigenvalue weighted by molar-refractivity contribution is -0.113. The molecule has 1 aromatic carbocycles. The van der Waals surface area contributed by atoms with Gasteiger partial charge in [0.1, 0.15) is 4.70 Å². The van der Waals surface area contributed by atoms with E-state index >= 15 is 0 Å². The first-order chi connectivity index (χ1) is 12.9. The molecule has 0 aliphatic rings. The number of hydrogen-bond donors (Lipinski definition) is 1. The second-order valence-corrected chi connectivity index (χ2v) is 8.81. The van der Waals surface area contributed by atoms with Gasteiger partial charge in [-0.15, -0.1) is 11.3 Å². The van der Waals surface area contributed by atoms with E-state index in [0.717, 1.165) is 6.42 Å². The number of carbonyl (C=O) groups excluding carboxylic acids is 1. The van der Waals surface area contributed by atoms with Crippen LogP contribution in [0.1, 0.15) is 20.3 Å². The molecule has 0 atom stereocenters. The zero-order chi connectivity index (χ0) is 19.4. The minimum atomic E-state index is -0.155. The van der Waals surface area contributed by atoms with E-state index in [2.05, 4.69) is 24.1 Å². The standard InChI is InChI=1S/C19H20ClN3O2S2/c1-12(2)7-9-23-18(25)17-15(8-10-26-17)22-19(23)27-11-16(24)21-14-5-3-13(20)4-6-14/h3-6,8,10,12H,7,9,11H2,1-2H3,(H,21,24). The molecule has 8 heteroatoms. The molecule has 0 aliphatic carbocycles. The Morgan fingerprint density at radius 1 is 1.30 bits per heavy atom. The van der Waals surface area contributed by atoms with Crippen molar-refractivity contribution in [2.75, 3.05) is 11.1 Å². The zero-order valence-corrected chi connectivity index (χ0v) is 17.5. The van der Waals surface area contributed by atoms with E-state index in [9.17, 15) is 9.59 Å². The normalized spacial score (nSPS) is 11.3. The monoisotopic (exact) mass is 421 g/mol. The summed E-state index contributed by atoms with van der Waals surface area (Å²) >= 11 is 8.54. The lowest BCUT2D eigenvalue weighted by Gasteiger charge is -2.13. The van der Waals surface area contributed by atoms with Crippen LogP contribution in [0.3, 0.4) is 0 Å². The van der Waals surface area contributed by atoms with Gasteiger partial charge in [0.2, 0.25) is 5.91 Å². The Morgan fingerprint density at radius 3 is 2.74 bits per heavy atom. The number of halogens is 1. The van der Waals surface area contributed by atoms with Crippen molar-refractivity contribution in [2.24, 2.45) is 5.92 Å². The summed E-state index contributed by atoms with van der Waals surface area (Å²) in [6, 6.07) is 8.78. The number of nitrogens with one attached hydrogen (secondary N) is 1. The molecule has 1 N–H and O–H groups in total. The van der Waals surface area contributed by atoms with Crippen LogP contribution < -0.4 is 10.9 Å². The van der Waals surface area contributed by atoms with Crippen LogP contribution in [0.4, 0.5) is 5.69 Å². The van der Waals surface area contributed by atoms with Crippen LogP contribution in [0.15, 0.2) is 45.7 Å². The van der Waals surface area contributed by atoms with Gasteiger partial charge in [-0.3, -0.25) is 14.2 Å². The van der Waals surface area contributed by atoms with Gasteiger partial charge >= 0.3 is 0 Å². The number of thioether (sulfide) groups is 1. The number of benzene rings is 1. The Hall–Kier alpha value is -1.83. The number of hydrogen-bond acceptors (Lipinski definition) is 5. The van der Waals surface area contributed by atoms with Crippen molar-refractivity contribution >= 4 is 56.5 Å². The fourth-order valence-corrected chi connectivity index (χ4v) is 4.21. The van der Waals surface area contributed by atoms with Crippen molar-refractivity contribution in [3.05, 3.63) is 51.1 Å². The van der Waals surface area contributed by atoms with Crippen molar-refractivity contribution in [1.82, 2.24) is 9.55 Å². The second kappa shape index (κ2) is 8.91. The fourth-order valence-electron chi connectivity index (χ4n) is 2.48. The number of nitrogens with zero attached hydrogens (tertiary/aromatic N) is 2. The van der Waals surface area contributed by atoms with Gasteiger partial charge in [-0.1, -0.05) is 37.2 Å². The van der Waals surface area contributed by atoms with Gasteiger partial charge in [0.15, 0.2) is 5.16 Å². The average Bonchev–Trinajstić information content (AvgIpc) is 3.10. The average molecular weight is 422 g/mol. The fraction of sp³-hybridized carbons (Fsp3) is 0.316. The van der Waals surface area contributed by atoms with E-state index in [1.54, 1.807) is 28.8 Å². The number of fused-ring (bicyclic) bond motifs is 1. The minimum absolute atomic E-state index is 0.0312. The molecule has 0 radical (unpaired) electrons. The highest BCUT2D eigenvalue weighted by atomic mass is 35.5. The third-order valence-corrected chi connectivity index (χ3v) is 6.04. The Bertz CT molecular complexity index is 996. The zero-order valence-electron chi connectivity index (χ0n) is 15.1. The van der Waals surface area contributed by atoms with E-state index < -0.39 is 0 Å². The van der Waals surface area contributed by atoms with Crippen LogP contribution in [0.5, 0.6) is 0 Å². The molecule has 0 fully saturated rings. The number of amides is 1. The molecule has 0 aliphatic heterocycles. The molecule has 3 aromatic rings. The first-order valence-corrected chi connectivity index (χ1v) is 10.8. The van der Waals surface area contributed by atoms with Gasteiger partial charge in [-0.2, -0.15) is 0 Å². The minimum Gasteiger partial charge on any atom is -0.325 e. The maximum Gasteiger partial charge on any atom is 0.272 e. The maximum atomic E-state index is 12.8. The molecule has 1 amide bonds. The number of aromatic nitrogens is 2. The van der Waals surface area contributed by atoms with Crippen molar-refractivity contribution in [3.63, 3.8) is 0 Å². The largest absolute Gasteiger partial charge is 0.325 e. The molecule has 27 heavy (non-hydrogen) atoms. The molecule has 3 rings (SSSR count). The third kappa shape index (κ3) is 5.12. The van der Waals surface area contributed by atoms with Crippen LogP contribution in [0.25, 0.3) is 10.2 Å². The maximum absolute atomic E-state index is 12.8. The third-order valence-electron chi connectivity index (χ3n) is 3.92. The second-order valence-electron chi connectivity index (χ2n) is 6.51. The molecule has 2 aromatic heterocycles. The summed E-state index contributed by atoms with van der Waals surface area (Å²) in [5, 5.41) is 5.89. The van der Waals surface area contributed by atoms with Crippen LogP contribution in [0.2, 0.25) is 5.02 Å². The highest BCUT2D eigenvalue weighted by molar-refractivity contribution is 7.99.